The molecular weight excluding hydrogens is 226 g/mol. The normalized spacial score (nSPS) is 27.1. The van der Waals surface area contributed by atoms with Crippen LogP contribution in [0.5, 0.6) is 0 Å². The van der Waals surface area contributed by atoms with Crippen molar-refractivity contribution in [2.75, 3.05) is 0 Å². The van der Waals surface area contributed by atoms with Crippen LogP contribution in [-0.4, -0.2) is 16.2 Å². The Morgan fingerprint density at radius 2 is 1.94 bits per heavy atom. The number of pyridine rings is 1. The van der Waals surface area contributed by atoms with Crippen LogP contribution < -0.4 is 11.3 Å². The molecule has 0 amide bonds. The van der Waals surface area contributed by atoms with Crippen LogP contribution in [0.25, 0.3) is 0 Å². The lowest BCUT2D eigenvalue weighted by atomic mass is 9.79. The quantitative estimate of drug-likeness (QED) is 0.637. The molecule has 0 aromatic carbocycles. The van der Waals surface area contributed by atoms with Crippen LogP contribution in [0.1, 0.15) is 45.7 Å². The maximum absolute atomic E-state index is 6.14. The second-order valence-electron chi connectivity index (χ2n) is 6.20. The highest BCUT2D eigenvalue weighted by Gasteiger charge is 2.49. The van der Waals surface area contributed by atoms with Gasteiger partial charge in [0.25, 0.3) is 0 Å². The van der Waals surface area contributed by atoms with Crippen molar-refractivity contribution in [1.82, 2.24) is 10.4 Å². The zero-order valence-electron chi connectivity index (χ0n) is 11.6. The minimum absolute atomic E-state index is 0.0878. The molecule has 1 aliphatic heterocycles. The number of rotatable bonds is 3. The van der Waals surface area contributed by atoms with Gasteiger partial charge in [-0.25, -0.2) is 0 Å². The molecule has 2 atom stereocenters. The van der Waals surface area contributed by atoms with Crippen molar-refractivity contribution in [1.29, 1.82) is 0 Å². The SMILES string of the molecule is CC1(C)CC(C(NN)c2ccncc2)C(C)(C)O1. The molecule has 3 N–H and O–H groups in total. The molecule has 2 unspecified atom stereocenters. The lowest BCUT2D eigenvalue weighted by molar-refractivity contribution is -0.0779. The van der Waals surface area contributed by atoms with Crippen molar-refractivity contribution in [3.8, 4) is 0 Å². The molecule has 0 radical (unpaired) electrons. The topological polar surface area (TPSA) is 60.2 Å². The fraction of sp³-hybridized carbons (Fsp3) is 0.643. The molecule has 100 valence electrons. The van der Waals surface area contributed by atoms with E-state index in [9.17, 15) is 0 Å². The molecule has 4 heteroatoms. The van der Waals surface area contributed by atoms with Gasteiger partial charge in [0, 0.05) is 18.3 Å². The first-order valence-electron chi connectivity index (χ1n) is 6.42. The van der Waals surface area contributed by atoms with Gasteiger partial charge < -0.3 is 4.74 Å². The third-order valence-electron chi connectivity index (χ3n) is 3.79. The maximum Gasteiger partial charge on any atom is 0.0681 e. The number of hydrogen-bond acceptors (Lipinski definition) is 4. The maximum atomic E-state index is 6.14. The second kappa shape index (κ2) is 4.61. The molecule has 1 aromatic rings. The number of nitrogens with one attached hydrogen (secondary N) is 1. The van der Waals surface area contributed by atoms with Crippen LogP contribution in [0, 0.1) is 5.92 Å². The van der Waals surface area contributed by atoms with Crippen LogP contribution in [0.2, 0.25) is 0 Å². The van der Waals surface area contributed by atoms with E-state index in [2.05, 4.69) is 38.1 Å². The Labute approximate surface area is 109 Å². The van der Waals surface area contributed by atoms with Gasteiger partial charge in [-0.3, -0.25) is 16.3 Å². The Morgan fingerprint density at radius 1 is 1.33 bits per heavy atom. The van der Waals surface area contributed by atoms with Crippen molar-refractivity contribution >= 4 is 0 Å². The highest BCUT2D eigenvalue weighted by Crippen LogP contribution is 2.47. The predicted molar refractivity (Wildman–Crippen MR) is 71.7 cm³/mol. The van der Waals surface area contributed by atoms with Gasteiger partial charge in [-0.15, -0.1) is 0 Å². The van der Waals surface area contributed by atoms with E-state index < -0.39 is 0 Å². The van der Waals surface area contributed by atoms with Crippen LogP contribution >= 0.6 is 0 Å². The zero-order chi connectivity index (χ0) is 13.4. The fourth-order valence-corrected chi connectivity index (χ4v) is 3.14. The molecule has 0 saturated carbocycles. The zero-order valence-corrected chi connectivity index (χ0v) is 11.6. The van der Waals surface area contributed by atoms with Gasteiger partial charge >= 0.3 is 0 Å². The number of aromatic nitrogens is 1. The van der Waals surface area contributed by atoms with E-state index in [1.165, 1.54) is 0 Å². The highest BCUT2D eigenvalue weighted by molar-refractivity contribution is 5.18. The van der Waals surface area contributed by atoms with Gasteiger partial charge in [0.1, 0.15) is 0 Å². The summed E-state index contributed by atoms with van der Waals surface area (Å²) >= 11 is 0. The Kier molecular flexibility index (Phi) is 3.45. The summed E-state index contributed by atoms with van der Waals surface area (Å²) in [4.78, 5) is 4.05. The third kappa shape index (κ3) is 2.55. The second-order valence-corrected chi connectivity index (χ2v) is 6.20. The summed E-state index contributed by atoms with van der Waals surface area (Å²) in [5.74, 6) is 6.10. The van der Waals surface area contributed by atoms with Crippen molar-refractivity contribution in [2.45, 2.75) is 51.4 Å². The molecule has 0 bridgehead atoms. The molecule has 18 heavy (non-hydrogen) atoms. The van der Waals surface area contributed by atoms with Gasteiger partial charge in [0.15, 0.2) is 0 Å². The first-order valence-corrected chi connectivity index (χ1v) is 6.42. The average molecular weight is 249 g/mol. The summed E-state index contributed by atoms with van der Waals surface area (Å²) in [7, 11) is 0. The van der Waals surface area contributed by atoms with Crippen molar-refractivity contribution in [2.24, 2.45) is 11.8 Å². The summed E-state index contributed by atoms with van der Waals surface area (Å²) < 4.78 is 6.14. The Morgan fingerprint density at radius 3 is 2.39 bits per heavy atom. The number of ether oxygens (including phenoxy) is 1. The number of hydrazine groups is 1. The molecular formula is C14H23N3O. The smallest absolute Gasteiger partial charge is 0.0681 e. The van der Waals surface area contributed by atoms with Gasteiger partial charge in [-0.1, -0.05) is 0 Å². The van der Waals surface area contributed by atoms with E-state index in [0.717, 1.165) is 12.0 Å². The molecule has 1 fully saturated rings. The van der Waals surface area contributed by atoms with Crippen LogP contribution in [-0.2, 0) is 4.74 Å². The fourth-order valence-electron chi connectivity index (χ4n) is 3.14. The molecule has 4 nitrogen and oxygen atoms in total. The molecule has 2 rings (SSSR count). The third-order valence-corrected chi connectivity index (χ3v) is 3.79. The summed E-state index contributed by atoms with van der Waals surface area (Å²) in [6, 6.07) is 4.10. The van der Waals surface area contributed by atoms with E-state index in [1.807, 2.05) is 12.1 Å². The molecule has 0 spiro atoms. The largest absolute Gasteiger partial charge is 0.369 e. The molecule has 1 aromatic heterocycles. The van der Waals surface area contributed by atoms with E-state index in [-0.39, 0.29) is 17.2 Å². The van der Waals surface area contributed by atoms with Gasteiger partial charge in [-0.2, -0.15) is 0 Å². The van der Waals surface area contributed by atoms with E-state index in [4.69, 9.17) is 10.6 Å². The summed E-state index contributed by atoms with van der Waals surface area (Å²) in [5, 5.41) is 0. The minimum atomic E-state index is -0.191. The summed E-state index contributed by atoms with van der Waals surface area (Å²) in [6.45, 7) is 8.54. The van der Waals surface area contributed by atoms with E-state index in [1.54, 1.807) is 12.4 Å². The average Bonchev–Trinajstić information content (AvgIpc) is 2.50. The number of hydrogen-bond donors (Lipinski definition) is 2. The lowest BCUT2D eigenvalue weighted by Gasteiger charge is -2.32. The van der Waals surface area contributed by atoms with Gasteiger partial charge in [0.05, 0.1) is 17.2 Å². The Balaban J connectivity index is 2.29. The first-order chi connectivity index (χ1) is 8.36. The van der Waals surface area contributed by atoms with Crippen LogP contribution in [0.3, 0.4) is 0 Å². The summed E-state index contributed by atoms with van der Waals surface area (Å²) in [6.07, 6.45) is 4.58. The van der Waals surface area contributed by atoms with Crippen molar-refractivity contribution in [3.05, 3.63) is 30.1 Å². The highest BCUT2D eigenvalue weighted by atomic mass is 16.5. The standard InChI is InChI=1S/C14H23N3O/c1-13(2)9-11(14(3,4)18-13)12(17-15)10-5-7-16-8-6-10/h5-8,11-12,17H,9,15H2,1-4H3. The van der Waals surface area contributed by atoms with Gasteiger partial charge in [-0.05, 0) is 51.8 Å². The van der Waals surface area contributed by atoms with E-state index in [0.29, 0.717) is 5.92 Å². The lowest BCUT2D eigenvalue weighted by Crippen LogP contribution is -2.41. The predicted octanol–water partition coefficient (Wildman–Crippen LogP) is 2.18. The minimum Gasteiger partial charge on any atom is -0.369 e. The van der Waals surface area contributed by atoms with Crippen molar-refractivity contribution in [3.63, 3.8) is 0 Å². The summed E-state index contributed by atoms with van der Waals surface area (Å²) in [5.41, 5.74) is 3.81. The molecule has 2 heterocycles. The first kappa shape index (κ1) is 13.5. The molecule has 1 saturated heterocycles. The Bertz CT molecular complexity index is 403. The van der Waals surface area contributed by atoms with Crippen LogP contribution in [0.4, 0.5) is 0 Å². The van der Waals surface area contributed by atoms with Crippen LogP contribution in [0.15, 0.2) is 24.5 Å². The molecule has 1 aliphatic rings. The Hall–Kier alpha value is -0.970. The molecule has 0 aliphatic carbocycles. The van der Waals surface area contributed by atoms with Gasteiger partial charge in [0.2, 0.25) is 0 Å². The van der Waals surface area contributed by atoms with E-state index >= 15 is 0 Å². The monoisotopic (exact) mass is 249 g/mol. The number of nitrogens with two attached hydrogens (primary N) is 1. The number of nitrogens with zero attached hydrogens (tertiary/aromatic N) is 1. The van der Waals surface area contributed by atoms with Crippen molar-refractivity contribution < 1.29 is 4.74 Å².